The molecule has 0 saturated heterocycles. The predicted molar refractivity (Wildman–Crippen MR) is 109 cm³/mol. The lowest BCUT2D eigenvalue weighted by atomic mass is 10.00. The number of likely N-dealkylation sites (N-methyl/N-ethyl adjacent to an activating group) is 1. The van der Waals surface area contributed by atoms with Crippen molar-refractivity contribution in [2.24, 2.45) is 0 Å². The Morgan fingerprint density at radius 2 is 1.71 bits per heavy atom. The second-order valence-corrected chi connectivity index (χ2v) is 5.88. The number of aryl methyl sites for hydroxylation is 1. The van der Waals surface area contributed by atoms with Gasteiger partial charge in [0.25, 0.3) is 0 Å². The topological polar surface area (TPSA) is 3.24 Å². The van der Waals surface area contributed by atoms with E-state index in [1.807, 2.05) is 13.0 Å². The first-order valence-electron chi connectivity index (χ1n) is 8.47. The molecular formula is C23H27N. The molecule has 1 heteroatoms. The number of benzene rings is 2. The van der Waals surface area contributed by atoms with Gasteiger partial charge in [0.15, 0.2) is 0 Å². The van der Waals surface area contributed by atoms with Crippen molar-refractivity contribution in [1.82, 2.24) is 0 Å². The third kappa shape index (κ3) is 3.51. The van der Waals surface area contributed by atoms with Crippen LogP contribution in [0.1, 0.15) is 25.8 Å². The zero-order valence-electron chi connectivity index (χ0n) is 15.0. The molecule has 24 heavy (non-hydrogen) atoms. The summed E-state index contributed by atoms with van der Waals surface area (Å²) in [5.41, 5.74) is 5.31. The van der Waals surface area contributed by atoms with E-state index in [9.17, 15) is 0 Å². The quantitative estimate of drug-likeness (QED) is 0.577. The summed E-state index contributed by atoms with van der Waals surface area (Å²) >= 11 is 0. The fourth-order valence-corrected chi connectivity index (χ4v) is 3.21. The van der Waals surface area contributed by atoms with Gasteiger partial charge in [0.2, 0.25) is 0 Å². The number of rotatable bonds is 2. The minimum Gasteiger partial charge on any atom is -0.344 e. The molecule has 0 fully saturated rings. The molecule has 0 bridgehead atoms. The van der Waals surface area contributed by atoms with E-state index in [2.05, 4.69) is 80.6 Å². The summed E-state index contributed by atoms with van der Waals surface area (Å²) in [6, 6.07) is 13.1. The first-order valence-corrected chi connectivity index (χ1v) is 8.47. The van der Waals surface area contributed by atoms with Crippen LogP contribution in [-0.4, -0.2) is 7.05 Å². The van der Waals surface area contributed by atoms with Crippen LogP contribution < -0.4 is 4.90 Å². The lowest BCUT2D eigenvalue weighted by molar-refractivity contribution is 0.974. The molecule has 0 spiro atoms. The van der Waals surface area contributed by atoms with E-state index in [0.717, 1.165) is 12.8 Å². The van der Waals surface area contributed by atoms with Gasteiger partial charge in [0.1, 0.15) is 0 Å². The van der Waals surface area contributed by atoms with Crippen molar-refractivity contribution < 1.29 is 0 Å². The fourth-order valence-electron chi connectivity index (χ4n) is 3.21. The summed E-state index contributed by atoms with van der Waals surface area (Å²) in [6.07, 6.45) is 10.1. The molecular weight excluding hydrogens is 290 g/mol. The van der Waals surface area contributed by atoms with E-state index < -0.39 is 0 Å². The van der Waals surface area contributed by atoms with E-state index in [0.29, 0.717) is 0 Å². The van der Waals surface area contributed by atoms with Crippen LogP contribution in [0.2, 0.25) is 0 Å². The maximum Gasteiger partial charge on any atom is 0.0520 e. The molecule has 1 heterocycles. The Hall–Kier alpha value is -2.54. The van der Waals surface area contributed by atoms with Crippen molar-refractivity contribution in [1.29, 1.82) is 0 Å². The predicted octanol–water partition coefficient (Wildman–Crippen LogP) is 6.43. The molecule has 0 N–H and O–H groups in total. The molecule has 0 radical (unpaired) electrons. The van der Waals surface area contributed by atoms with E-state index in [4.69, 9.17) is 0 Å². The van der Waals surface area contributed by atoms with Crippen LogP contribution in [0.25, 0.3) is 10.8 Å². The second kappa shape index (κ2) is 8.35. The van der Waals surface area contributed by atoms with Gasteiger partial charge in [-0.2, -0.15) is 0 Å². The van der Waals surface area contributed by atoms with Gasteiger partial charge in [-0.1, -0.05) is 61.2 Å². The molecule has 0 amide bonds. The zero-order valence-corrected chi connectivity index (χ0v) is 15.0. The smallest absolute Gasteiger partial charge is 0.0520 e. The Bertz CT molecular complexity index is 793. The molecule has 0 aliphatic carbocycles. The van der Waals surface area contributed by atoms with Crippen LogP contribution in [0.4, 0.5) is 5.69 Å². The summed E-state index contributed by atoms with van der Waals surface area (Å²) in [6.45, 7) is 11.3. The molecule has 2 aromatic rings. The molecule has 124 valence electrons. The highest BCUT2D eigenvalue weighted by Gasteiger charge is 2.19. The first kappa shape index (κ1) is 17.8. The van der Waals surface area contributed by atoms with Gasteiger partial charge in [-0.15, -0.1) is 6.58 Å². The fraction of sp³-hybridized carbons (Fsp3) is 0.217. The van der Waals surface area contributed by atoms with Crippen LogP contribution in [0, 0.1) is 0 Å². The van der Waals surface area contributed by atoms with Gasteiger partial charge in [0, 0.05) is 18.1 Å². The summed E-state index contributed by atoms with van der Waals surface area (Å²) in [4.78, 5) is 2.32. The van der Waals surface area contributed by atoms with E-state index in [1.54, 1.807) is 6.08 Å². The molecule has 1 aliphatic heterocycles. The minimum absolute atomic E-state index is 1.04. The lowest BCUT2D eigenvalue weighted by Gasteiger charge is -2.24. The lowest BCUT2D eigenvalue weighted by Crippen LogP contribution is -2.17. The number of hydrogen-bond donors (Lipinski definition) is 0. The van der Waals surface area contributed by atoms with Gasteiger partial charge < -0.3 is 4.90 Å². The van der Waals surface area contributed by atoms with E-state index in [1.165, 1.54) is 33.3 Å². The van der Waals surface area contributed by atoms with Crippen LogP contribution >= 0.6 is 0 Å². The van der Waals surface area contributed by atoms with Crippen molar-refractivity contribution in [3.05, 3.63) is 90.7 Å². The van der Waals surface area contributed by atoms with Crippen molar-refractivity contribution in [2.75, 3.05) is 11.9 Å². The number of fused-ring (bicyclic) bond motifs is 3. The standard InChI is InChI=1S/C20H21N.C3H6/c1-4-8-19-15(5-2)11-13-17-14-12-16-9-6-7-10-18(16)20(17)21(19)3;1-3-2/h4-10,12,14H,2,11,13H2,1,3H3;3H,1H2,2H3/b8-4-;. The van der Waals surface area contributed by atoms with Crippen molar-refractivity contribution >= 4 is 16.5 Å². The van der Waals surface area contributed by atoms with E-state index in [-0.39, 0.29) is 0 Å². The maximum absolute atomic E-state index is 4.00. The van der Waals surface area contributed by atoms with Gasteiger partial charge in [-0.05, 0) is 49.3 Å². The monoisotopic (exact) mass is 317 g/mol. The van der Waals surface area contributed by atoms with Crippen LogP contribution in [0.15, 0.2) is 85.1 Å². The molecule has 0 aromatic heterocycles. The van der Waals surface area contributed by atoms with Crippen molar-refractivity contribution in [2.45, 2.75) is 26.7 Å². The average molecular weight is 317 g/mol. The molecule has 0 unspecified atom stereocenters. The van der Waals surface area contributed by atoms with Crippen molar-refractivity contribution in [3.8, 4) is 0 Å². The normalized spacial score (nSPS) is 14.0. The molecule has 2 aromatic carbocycles. The Kier molecular flexibility index (Phi) is 6.20. The highest BCUT2D eigenvalue weighted by Crippen LogP contribution is 2.37. The highest BCUT2D eigenvalue weighted by molar-refractivity contribution is 5.97. The average Bonchev–Trinajstić information content (AvgIpc) is 2.73. The summed E-state index contributed by atoms with van der Waals surface area (Å²) < 4.78 is 0. The van der Waals surface area contributed by atoms with Crippen LogP contribution in [0.3, 0.4) is 0 Å². The first-order chi connectivity index (χ1) is 11.7. The summed E-state index contributed by atoms with van der Waals surface area (Å²) in [7, 11) is 2.16. The Balaban J connectivity index is 0.000000647. The van der Waals surface area contributed by atoms with Crippen LogP contribution in [0.5, 0.6) is 0 Å². The zero-order chi connectivity index (χ0) is 17.5. The molecule has 0 saturated carbocycles. The highest BCUT2D eigenvalue weighted by atomic mass is 15.1. The van der Waals surface area contributed by atoms with Crippen LogP contribution in [-0.2, 0) is 6.42 Å². The van der Waals surface area contributed by atoms with Gasteiger partial charge in [-0.3, -0.25) is 0 Å². The summed E-state index contributed by atoms with van der Waals surface area (Å²) in [5, 5.41) is 2.62. The minimum atomic E-state index is 1.04. The number of anilines is 1. The maximum atomic E-state index is 4.00. The second-order valence-electron chi connectivity index (χ2n) is 5.88. The molecule has 1 aliphatic rings. The summed E-state index contributed by atoms with van der Waals surface area (Å²) in [5.74, 6) is 0. The number of nitrogens with zero attached hydrogens (tertiary/aromatic N) is 1. The van der Waals surface area contributed by atoms with Gasteiger partial charge in [0.05, 0.1) is 5.69 Å². The van der Waals surface area contributed by atoms with Gasteiger partial charge in [-0.25, -0.2) is 0 Å². The molecule has 1 nitrogen and oxygen atoms in total. The van der Waals surface area contributed by atoms with Crippen molar-refractivity contribution in [3.63, 3.8) is 0 Å². The SMILES string of the molecule is C=CC.C=CC1=C(/C=C\C)N(C)c2c(ccc3ccccc23)CC1. The number of hydrogen-bond acceptors (Lipinski definition) is 1. The third-order valence-electron chi connectivity index (χ3n) is 4.24. The van der Waals surface area contributed by atoms with E-state index >= 15 is 0 Å². The molecule has 0 atom stereocenters. The molecule has 3 rings (SSSR count). The Labute approximate surface area is 146 Å². The Morgan fingerprint density at radius 1 is 1.00 bits per heavy atom. The Morgan fingerprint density at radius 3 is 2.38 bits per heavy atom. The largest absolute Gasteiger partial charge is 0.344 e. The third-order valence-corrected chi connectivity index (χ3v) is 4.24. The number of allylic oxidation sites excluding steroid dienone is 5. The van der Waals surface area contributed by atoms with Gasteiger partial charge >= 0.3 is 0 Å².